The van der Waals surface area contributed by atoms with Crippen LogP contribution in [0, 0.1) is 5.92 Å². The van der Waals surface area contributed by atoms with Gasteiger partial charge in [0.1, 0.15) is 24.9 Å². The van der Waals surface area contributed by atoms with Gasteiger partial charge in [-0.3, -0.25) is 20.0 Å². The smallest absolute Gasteiger partial charge is 0.351 e. The number of aromatic nitrogens is 2. The number of halogens is 1. The van der Waals surface area contributed by atoms with Gasteiger partial charge in [-0.1, -0.05) is 37.6 Å². The number of hydrogen-bond donors (Lipinski definition) is 2. The Balaban J connectivity index is 1.59. The van der Waals surface area contributed by atoms with Crippen LogP contribution < -0.4 is 11.2 Å². The Kier molecular flexibility index (Phi) is 6.26. The molecule has 1 aromatic heterocycles. The third-order valence-electron chi connectivity index (χ3n) is 5.07. The van der Waals surface area contributed by atoms with E-state index in [4.69, 9.17) is 35.8 Å². The predicted molar refractivity (Wildman–Crippen MR) is 108 cm³/mol. The van der Waals surface area contributed by atoms with Gasteiger partial charge in [-0.2, -0.15) is 4.98 Å². The fraction of sp³-hybridized carbons (Fsp3) is 0.450. The maximum Gasteiger partial charge on any atom is 0.351 e. The second kappa shape index (κ2) is 8.93. The van der Waals surface area contributed by atoms with Crippen molar-refractivity contribution in [3.63, 3.8) is 0 Å². The van der Waals surface area contributed by atoms with Gasteiger partial charge in [0.15, 0.2) is 18.3 Å². The Bertz CT molecular complexity index is 997. The first-order valence-corrected chi connectivity index (χ1v) is 10.1. The number of carbonyl (C=O) groups excluding carboxylic acids is 1. The number of anilines is 1. The first-order chi connectivity index (χ1) is 14.9. The molecule has 1 aromatic carbocycles. The number of hydrogen-bond acceptors (Lipinski definition) is 9. The van der Waals surface area contributed by atoms with Crippen LogP contribution in [0.25, 0.3) is 0 Å². The largest absolute Gasteiger partial charge is 0.463 e. The van der Waals surface area contributed by atoms with E-state index in [1.165, 1.54) is 16.8 Å². The number of carbonyl (C=O) groups is 1. The molecule has 2 saturated heterocycles. The highest BCUT2D eigenvalue weighted by Crippen LogP contribution is 2.44. The van der Waals surface area contributed by atoms with E-state index in [-0.39, 0.29) is 24.3 Å². The van der Waals surface area contributed by atoms with Crippen molar-refractivity contribution in [2.24, 2.45) is 5.92 Å². The van der Waals surface area contributed by atoms with Gasteiger partial charge >= 0.3 is 11.7 Å². The molecule has 2 aliphatic heterocycles. The Hall–Kier alpha value is -2.50. The second-order valence-electron chi connectivity index (χ2n) is 7.55. The van der Waals surface area contributed by atoms with Crippen LogP contribution in [-0.2, 0) is 23.7 Å². The summed E-state index contributed by atoms with van der Waals surface area (Å²) in [5, 5.41) is 9.54. The number of nitrogens with one attached hydrogen (secondary N) is 1. The van der Waals surface area contributed by atoms with Crippen molar-refractivity contribution in [2.45, 2.75) is 44.7 Å². The molecule has 2 aliphatic rings. The summed E-state index contributed by atoms with van der Waals surface area (Å²) in [5.41, 5.74) is 1.93. The van der Waals surface area contributed by atoms with Crippen molar-refractivity contribution >= 4 is 23.4 Å². The standard InChI is InChI=1S/C20H22ClN3O7/c1-10(2)18(25)28-9-13-15-16(31-19(30-15)11-3-5-12(21)6-4-11)17(29-13)24-8-7-14(23-27)22-20(24)26/h3-8,10,13,15-17,19,27H,9H2,1-2H3,(H,22,23,26)/t13-,15-,16-,17-,19?/m1/s1. The molecule has 166 valence electrons. The molecule has 1 unspecified atom stereocenters. The average Bonchev–Trinajstić information content (AvgIpc) is 3.32. The summed E-state index contributed by atoms with van der Waals surface area (Å²) in [5.74, 6) is -0.657. The van der Waals surface area contributed by atoms with Crippen LogP contribution in [-0.4, -0.2) is 45.6 Å². The molecular weight excluding hydrogens is 430 g/mol. The molecule has 0 radical (unpaired) electrons. The van der Waals surface area contributed by atoms with E-state index in [0.29, 0.717) is 5.02 Å². The highest BCUT2D eigenvalue weighted by atomic mass is 35.5. The summed E-state index contributed by atoms with van der Waals surface area (Å²) < 4.78 is 24.8. The zero-order valence-corrected chi connectivity index (χ0v) is 17.6. The van der Waals surface area contributed by atoms with Gasteiger partial charge in [0, 0.05) is 16.8 Å². The lowest BCUT2D eigenvalue weighted by atomic mass is 10.1. The molecule has 2 aromatic rings. The highest BCUT2D eigenvalue weighted by molar-refractivity contribution is 6.30. The minimum absolute atomic E-state index is 0.000779. The first kappa shape index (κ1) is 21.7. The Morgan fingerprint density at radius 3 is 2.58 bits per heavy atom. The summed E-state index contributed by atoms with van der Waals surface area (Å²) in [6, 6.07) is 8.43. The molecule has 0 bridgehead atoms. The van der Waals surface area contributed by atoms with Crippen LogP contribution in [0.3, 0.4) is 0 Å². The van der Waals surface area contributed by atoms with E-state index in [9.17, 15) is 9.59 Å². The molecule has 2 fully saturated rings. The monoisotopic (exact) mass is 451 g/mol. The van der Waals surface area contributed by atoms with E-state index >= 15 is 0 Å². The maximum absolute atomic E-state index is 12.4. The van der Waals surface area contributed by atoms with Gasteiger partial charge in [0.2, 0.25) is 0 Å². The molecule has 0 spiro atoms. The molecule has 31 heavy (non-hydrogen) atoms. The molecule has 0 amide bonds. The second-order valence-corrected chi connectivity index (χ2v) is 7.99. The summed E-state index contributed by atoms with van der Waals surface area (Å²) in [7, 11) is 0. The van der Waals surface area contributed by atoms with Gasteiger partial charge in [0.05, 0.1) is 5.92 Å². The molecule has 0 aliphatic carbocycles. The van der Waals surface area contributed by atoms with Crippen molar-refractivity contribution in [1.29, 1.82) is 0 Å². The van der Waals surface area contributed by atoms with E-state index in [1.54, 1.807) is 38.1 Å². The van der Waals surface area contributed by atoms with Crippen molar-refractivity contribution in [3.8, 4) is 0 Å². The van der Waals surface area contributed by atoms with Gasteiger partial charge in [-0.25, -0.2) is 4.79 Å². The summed E-state index contributed by atoms with van der Waals surface area (Å²) in [6.45, 7) is 3.41. The molecule has 5 atom stereocenters. The van der Waals surface area contributed by atoms with Crippen molar-refractivity contribution in [1.82, 2.24) is 9.55 Å². The quantitative estimate of drug-likeness (QED) is 0.503. The fourth-order valence-electron chi connectivity index (χ4n) is 3.47. The van der Waals surface area contributed by atoms with E-state index in [0.717, 1.165) is 5.56 Å². The van der Waals surface area contributed by atoms with Crippen LogP contribution in [0.4, 0.5) is 5.82 Å². The van der Waals surface area contributed by atoms with Gasteiger partial charge < -0.3 is 18.9 Å². The van der Waals surface area contributed by atoms with Crippen molar-refractivity contribution < 1.29 is 28.9 Å². The lowest BCUT2D eigenvalue weighted by Gasteiger charge is -2.22. The molecular formula is C20H22ClN3O7. The molecule has 3 heterocycles. The lowest BCUT2D eigenvalue weighted by Crippen LogP contribution is -2.34. The topological polar surface area (TPSA) is 121 Å². The number of nitrogens with zero attached hydrogens (tertiary/aromatic N) is 2. The minimum atomic E-state index is -0.863. The third-order valence-corrected chi connectivity index (χ3v) is 5.32. The zero-order valence-electron chi connectivity index (χ0n) is 16.8. The van der Waals surface area contributed by atoms with Gasteiger partial charge in [0.25, 0.3) is 0 Å². The maximum atomic E-state index is 12.4. The number of rotatable bonds is 6. The van der Waals surface area contributed by atoms with Gasteiger partial charge in [-0.05, 0) is 18.2 Å². The summed E-state index contributed by atoms with van der Waals surface area (Å²) in [6.07, 6.45) is -2.04. The number of esters is 1. The molecule has 11 heteroatoms. The normalized spacial score (nSPS) is 27.3. The Morgan fingerprint density at radius 2 is 1.94 bits per heavy atom. The Labute approximate surface area is 182 Å². The van der Waals surface area contributed by atoms with Crippen LogP contribution >= 0.6 is 11.6 Å². The average molecular weight is 452 g/mol. The number of fused-ring (bicyclic) bond motifs is 1. The van der Waals surface area contributed by atoms with E-state index in [1.807, 2.05) is 5.48 Å². The fourth-order valence-corrected chi connectivity index (χ4v) is 3.60. The Morgan fingerprint density at radius 1 is 1.23 bits per heavy atom. The summed E-state index contributed by atoms with van der Waals surface area (Å²) >= 11 is 5.96. The van der Waals surface area contributed by atoms with Crippen LogP contribution in [0.15, 0.2) is 41.3 Å². The molecule has 0 saturated carbocycles. The number of ether oxygens (including phenoxy) is 4. The molecule has 2 N–H and O–H groups in total. The van der Waals surface area contributed by atoms with Gasteiger partial charge in [-0.15, -0.1) is 0 Å². The zero-order chi connectivity index (χ0) is 22.1. The lowest BCUT2D eigenvalue weighted by molar-refractivity contribution is -0.169. The van der Waals surface area contributed by atoms with Crippen LogP contribution in [0.2, 0.25) is 5.02 Å². The van der Waals surface area contributed by atoms with Crippen LogP contribution in [0.1, 0.15) is 31.9 Å². The minimum Gasteiger partial charge on any atom is -0.463 e. The molecule has 10 nitrogen and oxygen atoms in total. The predicted octanol–water partition coefficient (Wildman–Crippen LogP) is 2.28. The van der Waals surface area contributed by atoms with Crippen molar-refractivity contribution in [3.05, 3.63) is 57.6 Å². The van der Waals surface area contributed by atoms with Crippen LogP contribution in [0.5, 0.6) is 0 Å². The summed E-state index contributed by atoms with van der Waals surface area (Å²) in [4.78, 5) is 28.1. The van der Waals surface area contributed by atoms with Crippen molar-refractivity contribution in [2.75, 3.05) is 12.1 Å². The first-order valence-electron chi connectivity index (χ1n) is 9.75. The third kappa shape index (κ3) is 4.43. The number of benzene rings is 1. The molecule has 4 rings (SSSR count). The SMILES string of the molecule is CC(C)C(=O)OC[C@H]1O[C@@H](n2ccc(NO)nc2=O)[C@@H]2OC(c3ccc(Cl)cc3)O[C@@H]21. The highest BCUT2D eigenvalue weighted by Gasteiger charge is 2.54. The van der Waals surface area contributed by atoms with E-state index in [2.05, 4.69) is 4.98 Å². The van der Waals surface area contributed by atoms with E-state index < -0.39 is 36.5 Å².